The molecule has 10 heteroatoms. The van der Waals surface area contributed by atoms with Gasteiger partial charge in [0.15, 0.2) is 0 Å². The molecule has 4 aromatic carbocycles. The van der Waals surface area contributed by atoms with Crippen molar-refractivity contribution < 1.29 is 9.18 Å². The highest BCUT2D eigenvalue weighted by atomic mass is 32.2. The number of aromatic nitrogens is 2. The molecule has 1 fully saturated rings. The molecule has 2 heterocycles. The van der Waals surface area contributed by atoms with Crippen LogP contribution >= 0.6 is 11.8 Å². The molecule has 0 radical (unpaired) electrons. The molecule has 0 bridgehead atoms. The van der Waals surface area contributed by atoms with Crippen molar-refractivity contribution in [3.05, 3.63) is 133 Å². The summed E-state index contributed by atoms with van der Waals surface area (Å²) in [5.41, 5.74) is 16.3. The Morgan fingerprint density at radius 1 is 0.904 bits per heavy atom. The molecule has 0 saturated carbocycles. The van der Waals surface area contributed by atoms with Crippen LogP contribution in [-0.4, -0.2) is 53.1 Å². The van der Waals surface area contributed by atoms with E-state index in [2.05, 4.69) is 59.5 Å². The van der Waals surface area contributed by atoms with Crippen LogP contribution in [0.15, 0.2) is 131 Å². The number of hydrogen-bond acceptors (Lipinski definition) is 7. The van der Waals surface area contributed by atoms with Gasteiger partial charge in [-0.05, 0) is 85.6 Å². The predicted molar refractivity (Wildman–Crippen MR) is 216 cm³/mol. The minimum Gasteiger partial charge on any atom is -0.401 e. The molecule has 0 aliphatic carbocycles. The van der Waals surface area contributed by atoms with E-state index < -0.39 is 0 Å². The average Bonchev–Trinajstić information content (AvgIpc) is 3.52. The SMILES string of the molecule is C=C(N)Cn1c(-c2cccc(Sc3ccccc3)c2)nc2cc(C(=O)N3CCN(c4ccc(F)cc4)CC3)ccc21.CC.CCC=C(N)NCCC. The number of carbonyl (C=O) groups is 1. The van der Waals surface area contributed by atoms with Gasteiger partial charge in [-0.2, -0.15) is 0 Å². The second-order valence-electron chi connectivity index (χ2n) is 12.1. The Kier molecular flexibility index (Phi) is 15.2. The number of nitrogens with two attached hydrogens (primary N) is 2. The van der Waals surface area contributed by atoms with Crippen LogP contribution in [-0.2, 0) is 6.54 Å². The number of rotatable bonds is 11. The van der Waals surface area contributed by atoms with Crippen LogP contribution in [0.2, 0.25) is 0 Å². The maximum Gasteiger partial charge on any atom is 0.254 e. The third-order valence-electron chi connectivity index (χ3n) is 8.19. The monoisotopic (exact) mass is 721 g/mol. The fourth-order valence-electron chi connectivity index (χ4n) is 5.73. The van der Waals surface area contributed by atoms with Crippen molar-refractivity contribution in [3.8, 4) is 11.4 Å². The van der Waals surface area contributed by atoms with Gasteiger partial charge in [0.2, 0.25) is 0 Å². The summed E-state index contributed by atoms with van der Waals surface area (Å²) in [5, 5.41) is 3.07. The van der Waals surface area contributed by atoms with E-state index in [-0.39, 0.29) is 11.7 Å². The number of nitrogens with zero attached hydrogens (tertiary/aromatic N) is 4. The highest BCUT2D eigenvalue weighted by Crippen LogP contribution is 2.32. The first-order valence-corrected chi connectivity index (χ1v) is 18.8. The lowest BCUT2D eigenvalue weighted by atomic mass is 10.1. The first kappa shape index (κ1) is 39.6. The van der Waals surface area contributed by atoms with Crippen molar-refractivity contribution in [1.82, 2.24) is 19.8 Å². The number of imidazole rings is 1. The molecule has 1 aliphatic rings. The van der Waals surface area contributed by atoms with E-state index in [1.54, 1.807) is 23.9 Å². The number of nitrogens with one attached hydrogen (secondary N) is 1. The molecule has 1 amide bonds. The number of halogens is 1. The van der Waals surface area contributed by atoms with E-state index in [0.29, 0.717) is 44.0 Å². The summed E-state index contributed by atoms with van der Waals surface area (Å²) in [7, 11) is 0. The number of anilines is 1. The molecule has 0 spiro atoms. The van der Waals surface area contributed by atoms with Crippen LogP contribution in [0.3, 0.4) is 0 Å². The highest BCUT2D eigenvalue weighted by Gasteiger charge is 2.24. The van der Waals surface area contributed by atoms with Gasteiger partial charge in [-0.1, -0.05) is 76.4 Å². The lowest BCUT2D eigenvalue weighted by Gasteiger charge is -2.36. The molecule has 5 aromatic rings. The van der Waals surface area contributed by atoms with Crippen molar-refractivity contribution in [2.45, 2.75) is 56.9 Å². The van der Waals surface area contributed by atoms with Crippen LogP contribution in [0, 0.1) is 5.82 Å². The Hall–Kier alpha value is -5.22. The summed E-state index contributed by atoms with van der Waals surface area (Å²) in [6, 6.07) is 30.7. The smallest absolute Gasteiger partial charge is 0.254 e. The third-order valence-corrected chi connectivity index (χ3v) is 9.19. The van der Waals surface area contributed by atoms with Gasteiger partial charge in [0.25, 0.3) is 5.91 Å². The fraction of sp³-hybridized carbons (Fsp3) is 0.286. The van der Waals surface area contributed by atoms with E-state index in [1.165, 1.54) is 12.1 Å². The van der Waals surface area contributed by atoms with Crippen LogP contribution in [0.25, 0.3) is 22.4 Å². The van der Waals surface area contributed by atoms with Gasteiger partial charge in [-0.15, -0.1) is 0 Å². The molecule has 274 valence electrons. The Bertz CT molecular complexity index is 1920. The van der Waals surface area contributed by atoms with Gasteiger partial charge in [-0.25, -0.2) is 9.37 Å². The van der Waals surface area contributed by atoms with Crippen LogP contribution in [0.4, 0.5) is 10.1 Å². The zero-order valence-corrected chi connectivity index (χ0v) is 31.6. The topological polar surface area (TPSA) is 105 Å². The Morgan fingerprint density at radius 2 is 1.60 bits per heavy atom. The van der Waals surface area contributed by atoms with E-state index in [1.807, 2.05) is 73.4 Å². The number of amides is 1. The molecule has 1 aromatic heterocycles. The summed E-state index contributed by atoms with van der Waals surface area (Å²) in [6.45, 7) is 16.1. The van der Waals surface area contributed by atoms with Gasteiger partial charge < -0.3 is 31.2 Å². The van der Waals surface area contributed by atoms with Crippen molar-refractivity contribution in [2.75, 3.05) is 37.6 Å². The maximum atomic E-state index is 13.5. The molecule has 1 aliphatic heterocycles. The number of hydrogen-bond donors (Lipinski definition) is 3. The average molecular weight is 722 g/mol. The van der Waals surface area contributed by atoms with Crippen LogP contribution in [0.5, 0.6) is 0 Å². The standard InChI is InChI=1S/C33H30FN5OS.C7H16N2.C2H6/c1-23(35)22-39-31-15-10-25(33(40)38-18-16-37(17-19-38)27-13-11-26(34)12-14-27)21-30(31)36-32(39)24-6-5-9-29(20-24)41-28-7-3-2-4-8-28;1-3-5-7(8)9-6-4-2;1-2/h2-15,20-21H,1,16-19,22,35H2;5,9H,3-4,6,8H2,1-2H3;1-2H3. The zero-order valence-electron chi connectivity index (χ0n) is 30.8. The lowest BCUT2D eigenvalue weighted by molar-refractivity contribution is 0.0747. The first-order chi connectivity index (χ1) is 25.2. The number of fused-ring (bicyclic) bond motifs is 1. The maximum absolute atomic E-state index is 13.5. The lowest BCUT2D eigenvalue weighted by Crippen LogP contribution is -2.48. The molecule has 5 N–H and O–H groups in total. The van der Waals surface area contributed by atoms with Gasteiger partial charge in [0.1, 0.15) is 11.6 Å². The minimum absolute atomic E-state index is 0.0220. The van der Waals surface area contributed by atoms with Gasteiger partial charge in [-0.3, -0.25) is 4.79 Å². The summed E-state index contributed by atoms with van der Waals surface area (Å²) in [6.07, 6.45) is 4.11. The van der Waals surface area contributed by atoms with Crippen molar-refractivity contribution >= 4 is 34.4 Å². The van der Waals surface area contributed by atoms with Crippen LogP contribution < -0.4 is 21.7 Å². The van der Waals surface area contributed by atoms with Crippen LogP contribution in [0.1, 0.15) is 50.9 Å². The summed E-state index contributed by atoms with van der Waals surface area (Å²) >= 11 is 1.69. The van der Waals surface area contributed by atoms with Crippen molar-refractivity contribution in [3.63, 3.8) is 0 Å². The summed E-state index contributed by atoms with van der Waals surface area (Å²) in [4.78, 5) is 24.8. The second-order valence-corrected chi connectivity index (χ2v) is 13.2. The fourth-order valence-corrected chi connectivity index (χ4v) is 6.63. The van der Waals surface area contributed by atoms with Crippen molar-refractivity contribution in [2.24, 2.45) is 11.5 Å². The Labute approximate surface area is 312 Å². The first-order valence-electron chi connectivity index (χ1n) is 18.0. The van der Waals surface area contributed by atoms with Gasteiger partial charge >= 0.3 is 0 Å². The van der Waals surface area contributed by atoms with Gasteiger partial charge in [0.05, 0.1) is 23.4 Å². The molecule has 0 unspecified atom stereocenters. The molecule has 0 atom stereocenters. The Morgan fingerprint density at radius 3 is 2.25 bits per heavy atom. The molecule has 8 nitrogen and oxygen atoms in total. The van der Waals surface area contributed by atoms with E-state index in [4.69, 9.17) is 16.5 Å². The quantitative estimate of drug-likeness (QED) is 0.125. The number of carbonyl (C=O) groups excluding carboxylic acids is 1. The van der Waals surface area contributed by atoms with E-state index >= 15 is 0 Å². The number of piperazine rings is 1. The Balaban J connectivity index is 0.000000483. The molecule has 52 heavy (non-hydrogen) atoms. The largest absolute Gasteiger partial charge is 0.401 e. The molecular formula is C42H52FN7OS. The van der Waals surface area contributed by atoms with E-state index in [0.717, 1.165) is 63.1 Å². The molecular weight excluding hydrogens is 670 g/mol. The predicted octanol–water partition coefficient (Wildman–Crippen LogP) is 8.65. The van der Waals surface area contributed by atoms with Gasteiger partial charge in [0, 0.05) is 65.0 Å². The highest BCUT2D eigenvalue weighted by molar-refractivity contribution is 7.99. The molecule has 6 rings (SSSR count). The van der Waals surface area contributed by atoms with E-state index in [9.17, 15) is 9.18 Å². The summed E-state index contributed by atoms with van der Waals surface area (Å²) < 4.78 is 15.4. The normalized spacial score (nSPS) is 12.8. The third kappa shape index (κ3) is 10.9. The van der Waals surface area contributed by atoms with Crippen molar-refractivity contribution in [1.29, 1.82) is 0 Å². The molecule has 1 saturated heterocycles. The summed E-state index contributed by atoms with van der Waals surface area (Å²) in [5.74, 6) is 1.31. The number of allylic oxidation sites excluding steroid dienone is 2. The zero-order chi connectivity index (χ0) is 37.5. The second kappa shape index (κ2) is 20.0. The minimum atomic E-state index is -0.252. The number of benzene rings is 4.